The standard InChI is InChI=1S/C17H17Br2N3O2/c1-22(2)14-6-3-12(4-7-14)10-20-21-17(23)11-24-16-8-5-13(18)9-15(16)19/h3-10H,11H2,1-2H3,(H,21,23)/b20-10+. The highest BCUT2D eigenvalue weighted by atomic mass is 79.9. The fourth-order valence-electron chi connectivity index (χ4n) is 1.81. The predicted octanol–water partition coefficient (Wildman–Crippen LogP) is 3.81. The molecule has 0 spiro atoms. The Hall–Kier alpha value is -1.86. The van der Waals surface area contributed by atoms with Crippen molar-refractivity contribution in [1.82, 2.24) is 5.43 Å². The molecular formula is C17H17Br2N3O2. The number of benzene rings is 2. The van der Waals surface area contributed by atoms with Crippen LogP contribution in [0, 0.1) is 0 Å². The zero-order valence-electron chi connectivity index (χ0n) is 13.3. The molecule has 0 aliphatic rings. The molecule has 0 aromatic heterocycles. The number of ether oxygens (including phenoxy) is 1. The summed E-state index contributed by atoms with van der Waals surface area (Å²) in [5.41, 5.74) is 4.44. The van der Waals surface area contributed by atoms with E-state index >= 15 is 0 Å². The first-order chi connectivity index (χ1) is 11.5. The number of halogens is 2. The zero-order valence-corrected chi connectivity index (χ0v) is 16.5. The molecule has 1 N–H and O–H groups in total. The van der Waals surface area contributed by atoms with Gasteiger partial charge in [0.2, 0.25) is 0 Å². The molecule has 0 aliphatic carbocycles. The van der Waals surface area contributed by atoms with Crippen LogP contribution in [0.5, 0.6) is 5.75 Å². The van der Waals surface area contributed by atoms with Crippen LogP contribution < -0.4 is 15.1 Å². The van der Waals surface area contributed by atoms with E-state index < -0.39 is 0 Å². The van der Waals surface area contributed by atoms with Gasteiger partial charge < -0.3 is 9.64 Å². The van der Waals surface area contributed by atoms with Crippen molar-refractivity contribution in [2.45, 2.75) is 0 Å². The van der Waals surface area contributed by atoms with Gasteiger partial charge in [0, 0.05) is 24.3 Å². The highest BCUT2D eigenvalue weighted by molar-refractivity contribution is 9.11. The first-order valence-corrected chi connectivity index (χ1v) is 8.71. The molecule has 7 heteroatoms. The Balaban J connectivity index is 1.82. The second-order valence-corrected chi connectivity index (χ2v) is 6.91. The van der Waals surface area contributed by atoms with Crippen molar-refractivity contribution in [2.75, 3.05) is 25.6 Å². The van der Waals surface area contributed by atoms with E-state index in [0.717, 1.165) is 20.2 Å². The van der Waals surface area contributed by atoms with E-state index in [4.69, 9.17) is 4.74 Å². The van der Waals surface area contributed by atoms with Gasteiger partial charge in [0.1, 0.15) is 5.75 Å². The molecule has 0 unspecified atom stereocenters. The Morgan fingerprint density at radius 1 is 1.21 bits per heavy atom. The highest BCUT2D eigenvalue weighted by Crippen LogP contribution is 2.28. The third-order valence-electron chi connectivity index (χ3n) is 3.07. The summed E-state index contributed by atoms with van der Waals surface area (Å²) in [5.74, 6) is 0.266. The first kappa shape index (κ1) is 18.5. The van der Waals surface area contributed by atoms with Crippen molar-refractivity contribution in [1.29, 1.82) is 0 Å². The quantitative estimate of drug-likeness (QED) is 0.533. The Morgan fingerprint density at radius 2 is 1.92 bits per heavy atom. The highest BCUT2D eigenvalue weighted by Gasteiger charge is 2.05. The van der Waals surface area contributed by atoms with Gasteiger partial charge in [-0.15, -0.1) is 0 Å². The lowest BCUT2D eigenvalue weighted by Gasteiger charge is -2.11. The average molecular weight is 455 g/mol. The summed E-state index contributed by atoms with van der Waals surface area (Å²) in [4.78, 5) is 13.8. The molecule has 0 radical (unpaired) electrons. The summed E-state index contributed by atoms with van der Waals surface area (Å²) in [6, 6.07) is 13.3. The number of hydrogen-bond donors (Lipinski definition) is 1. The van der Waals surface area contributed by atoms with Crippen LogP contribution in [0.2, 0.25) is 0 Å². The molecule has 126 valence electrons. The molecule has 1 amide bonds. The summed E-state index contributed by atoms with van der Waals surface area (Å²) in [7, 11) is 3.96. The Bertz CT molecular complexity index is 731. The second kappa shape index (κ2) is 8.84. The van der Waals surface area contributed by atoms with Crippen LogP contribution in [0.3, 0.4) is 0 Å². The fourth-order valence-corrected chi connectivity index (χ4v) is 2.97. The van der Waals surface area contributed by atoms with Crippen molar-refractivity contribution < 1.29 is 9.53 Å². The van der Waals surface area contributed by atoms with Crippen LogP contribution >= 0.6 is 31.9 Å². The van der Waals surface area contributed by atoms with Crippen LogP contribution in [-0.2, 0) is 4.79 Å². The normalized spacial score (nSPS) is 10.7. The van der Waals surface area contributed by atoms with Gasteiger partial charge in [-0.1, -0.05) is 28.1 Å². The minimum atomic E-state index is -0.328. The number of rotatable bonds is 6. The summed E-state index contributed by atoms with van der Waals surface area (Å²) >= 11 is 6.73. The van der Waals surface area contributed by atoms with Crippen LogP contribution in [0.4, 0.5) is 5.69 Å². The van der Waals surface area contributed by atoms with Crippen molar-refractivity contribution in [3.05, 3.63) is 57.0 Å². The van der Waals surface area contributed by atoms with Gasteiger partial charge in [-0.2, -0.15) is 5.10 Å². The summed E-state index contributed by atoms with van der Waals surface area (Å²) in [5, 5.41) is 3.93. The number of hydrazone groups is 1. The third kappa shape index (κ3) is 5.65. The molecule has 24 heavy (non-hydrogen) atoms. The lowest BCUT2D eigenvalue weighted by molar-refractivity contribution is -0.123. The molecule has 2 rings (SSSR count). The maximum atomic E-state index is 11.7. The van der Waals surface area contributed by atoms with E-state index in [2.05, 4.69) is 42.4 Å². The zero-order chi connectivity index (χ0) is 17.5. The molecule has 0 atom stereocenters. The lowest BCUT2D eigenvalue weighted by Crippen LogP contribution is -2.24. The van der Waals surface area contributed by atoms with E-state index in [-0.39, 0.29) is 12.5 Å². The van der Waals surface area contributed by atoms with Crippen LogP contribution in [0.25, 0.3) is 0 Å². The van der Waals surface area contributed by atoms with Crippen LogP contribution in [-0.4, -0.2) is 32.8 Å². The Morgan fingerprint density at radius 3 is 2.54 bits per heavy atom. The maximum Gasteiger partial charge on any atom is 0.277 e. The number of nitrogens with one attached hydrogen (secondary N) is 1. The van der Waals surface area contributed by atoms with Gasteiger partial charge in [0.15, 0.2) is 6.61 Å². The van der Waals surface area contributed by atoms with Gasteiger partial charge in [-0.3, -0.25) is 4.79 Å². The molecule has 5 nitrogen and oxygen atoms in total. The fraction of sp³-hybridized carbons (Fsp3) is 0.176. The minimum Gasteiger partial charge on any atom is -0.483 e. The molecule has 0 fully saturated rings. The average Bonchev–Trinajstić information content (AvgIpc) is 2.54. The molecule has 0 saturated heterocycles. The number of nitrogens with zero attached hydrogens (tertiary/aromatic N) is 2. The Labute approximate surface area is 157 Å². The van der Waals surface area contributed by atoms with Gasteiger partial charge >= 0.3 is 0 Å². The summed E-state index contributed by atoms with van der Waals surface area (Å²) in [6.07, 6.45) is 1.59. The smallest absolute Gasteiger partial charge is 0.277 e. The number of carbonyl (C=O) groups is 1. The number of hydrogen-bond acceptors (Lipinski definition) is 4. The number of anilines is 1. The van der Waals surface area contributed by atoms with Crippen molar-refractivity contribution >= 4 is 49.7 Å². The number of carbonyl (C=O) groups excluding carboxylic acids is 1. The lowest BCUT2D eigenvalue weighted by atomic mass is 10.2. The third-order valence-corrected chi connectivity index (χ3v) is 4.18. The van der Waals surface area contributed by atoms with E-state index in [9.17, 15) is 4.79 Å². The molecule has 0 heterocycles. The molecule has 0 aliphatic heterocycles. The van der Waals surface area contributed by atoms with E-state index in [1.54, 1.807) is 12.3 Å². The molecule has 2 aromatic rings. The SMILES string of the molecule is CN(C)c1ccc(/C=N/NC(=O)COc2ccc(Br)cc2Br)cc1. The number of amides is 1. The first-order valence-electron chi connectivity index (χ1n) is 7.13. The summed E-state index contributed by atoms with van der Waals surface area (Å²) in [6.45, 7) is -0.114. The largest absolute Gasteiger partial charge is 0.483 e. The minimum absolute atomic E-state index is 0.114. The van der Waals surface area contributed by atoms with Crippen molar-refractivity contribution in [3.8, 4) is 5.75 Å². The van der Waals surface area contributed by atoms with Gasteiger partial charge in [-0.25, -0.2) is 5.43 Å². The van der Waals surface area contributed by atoms with E-state index in [1.807, 2.05) is 55.4 Å². The second-order valence-electron chi connectivity index (χ2n) is 5.14. The van der Waals surface area contributed by atoms with Gasteiger partial charge in [0.05, 0.1) is 10.7 Å². The van der Waals surface area contributed by atoms with Crippen LogP contribution in [0.1, 0.15) is 5.56 Å². The monoisotopic (exact) mass is 453 g/mol. The topological polar surface area (TPSA) is 53.9 Å². The molecule has 0 bridgehead atoms. The molecular weight excluding hydrogens is 438 g/mol. The predicted molar refractivity (Wildman–Crippen MR) is 104 cm³/mol. The maximum absolute atomic E-state index is 11.7. The van der Waals surface area contributed by atoms with Crippen molar-refractivity contribution in [2.24, 2.45) is 5.10 Å². The van der Waals surface area contributed by atoms with Gasteiger partial charge in [-0.05, 0) is 51.8 Å². The van der Waals surface area contributed by atoms with Crippen molar-refractivity contribution in [3.63, 3.8) is 0 Å². The van der Waals surface area contributed by atoms with E-state index in [0.29, 0.717) is 5.75 Å². The van der Waals surface area contributed by atoms with Crippen LogP contribution in [0.15, 0.2) is 56.5 Å². The van der Waals surface area contributed by atoms with Gasteiger partial charge in [0.25, 0.3) is 5.91 Å². The molecule has 2 aromatic carbocycles. The summed E-state index contributed by atoms with van der Waals surface area (Å²) < 4.78 is 7.14. The van der Waals surface area contributed by atoms with E-state index in [1.165, 1.54) is 0 Å². The molecule has 0 saturated carbocycles. The Kier molecular flexibility index (Phi) is 6.81.